The number of ether oxygens (including phenoxy) is 2. The number of hydrogen-bond acceptors (Lipinski definition) is 4. The average molecular weight is 370 g/mol. The normalized spacial score (nSPS) is 21.1. The van der Waals surface area contributed by atoms with E-state index in [9.17, 15) is 8.42 Å². The third kappa shape index (κ3) is 5.61. The summed E-state index contributed by atoms with van der Waals surface area (Å²) in [5.41, 5.74) is 0. The van der Waals surface area contributed by atoms with Crippen LogP contribution in [0.15, 0.2) is 23.1 Å². The van der Waals surface area contributed by atoms with Crippen molar-refractivity contribution in [2.75, 3.05) is 13.2 Å². The van der Waals surface area contributed by atoms with Crippen LogP contribution in [0.1, 0.15) is 59.3 Å². The summed E-state index contributed by atoms with van der Waals surface area (Å²) in [4.78, 5) is 0.236. The molecule has 5 nitrogen and oxygen atoms in total. The fraction of sp³-hybridized carbons (Fsp3) is 0.684. The molecule has 0 aromatic heterocycles. The highest BCUT2D eigenvalue weighted by molar-refractivity contribution is 7.89. The first-order chi connectivity index (χ1) is 12.0. The summed E-state index contributed by atoms with van der Waals surface area (Å²) in [6, 6.07) is 4.88. The molecular weight excluding hydrogens is 338 g/mol. The van der Waals surface area contributed by atoms with Gasteiger partial charge >= 0.3 is 0 Å². The van der Waals surface area contributed by atoms with E-state index >= 15 is 0 Å². The molecule has 0 radical (unpaired) electrons. The van der Waals surface area contributed by atoms with Crippen LogP contribution in [0.5, 0.6) is 11.5 Å². The van der Waals surface area contributed by atoms with E-state index in [0.717, 1.165) is 32.1 Å². The molecule has 142 valence electrons. The van der Waals surface area contributed by atoms with Gasteiger partial charge in [0.1, 0.15) is 0 Å². The Kier molecular flexibility index (Phi) is 7.56. The van der Waals surface area contributed by atoms with E-state index in [4.69, 9.17) is 9.47 Å². The van der Waals surface area contributed by atoms with Crippen LogP contribution in [-0.2, 0) is 10.0 Å². The minimum Gasteiger partial charge on any atom is -0.490 e. The molecule has 1 aromatic carbocycles. The van der Waals surface area contributed by atoms with Gasteiger partial charge in [-0.1, -0.05) is 33.6 Å². The smallest absolute Gasteiger partial charge is 0.240 e. The van der Waals surface area contributed by atoms with Gasteiger partial charge in [0.15, 0.2) is 11.5 Å². The van der Waals surface area contributed by atoms with Crippen molar-refractivity contribution in [3.8, 4) is 11.5 Å². The largest absolute Gasteiger partial charge is 0.490 e. The summed E-state index contributed by atoms with van der Waals surface area (Å²) in [5, 5.41) is 0. The molecule has 1 saturated carbocycles. The minimum absolute atomic E-state index is 0.00905. The van der Waals surface area contributed by atoms with E-state index in [1.54, 1.807) is 18.2 Å². The fourth-order valence-corrected chi connectivity index (χ4v) is 4.46. The fourth-order valence-electron chi connectivity index (χ4n) is 3.07. The molecule has 0 bridgehead atoms. The van der Waals surface area contributed by atoms with Crippen molar-refractivity contribution in [2.24, 2.45) is 5.92 Å². The maximum absolute atomic E-state index is 12.8. The highest BCUT2D eigenvalue weighted by atomic mass is 32.2. The van der Waals surface area contributed by atoms with E-state index in [1.165, 1.54) is 6.42 Å². The van der Waals surface area contributed by atoms with Gasteiger partial charge in [-0.15, -0.1) is 0 Å². The Balaban J connectivity index is 2.20. The molecule has 25 heavy (non-hydrogen) atoms. The Morgan fingerprint density at radius 2 is 1.68 bits per heavy atom. The van der Waals surface area contributed by atoms with E-state index in [1.807, 2.05) is 13.8 Å². The van der Waals surface area contributed by atoms with Gasteiger partial charge in [0.25, 0.3) is 0 Å². The maximum Gasteiger partial charge on any atom is 0.240 e. The van der Waals surface area contributed by atoms with Gasteiger partial charge in [-0.3, -0.25) is 0 Å². The van der Waals surface area contributed by atoms with Crippen LogP contribution in [0.4, 0.5) is 0 Å². The summed E-state index contributed by atoms with van der Waals surface area (Å²) in [6.07, 6.45) is 5.96. The van der Waals surface area contributed by atoms with Gasteiger partial charge in [-0.2, -0.15) is 0 Å². The second kappa shape index (κ2) is 9.43. The topological polar surface area (TPSA) is 64.6 Å². The second-order valence-corrected chi connectivity index (χ2v) is 8.51. The lowest BCUT2D eigenvalue weighted by Crippen LogP contribution is -2.40. The first-order valence-corrected chi connectivity index (χ1v) is 10.9. The first-order valence-electron chi connectivity index (χ1n) is 9.40. The van der Waals surface area contributed by atoms with Crippen LogP contribution < -0.4 is 14.2 Å². The van der Waals surface area contributed by atoms with Crippen molar-refractivity contribution in [2.45, 2.75) is 70.2 Å². The summed E-state index contributed by atoms with van der Waals surface area (Å²) in [5.74, 6) is 1.46. The van der Waals surface area contributed by atoms with E-state index < -0.39 is 10.0 Å². The Morgan fingerprint density at radius 1 is 1.04 bits per heavy atom. The molecule has 6 heteroatoms. The Hall–Kier alpha value is -1.27. The quantitative estimate of drug-likeness (QED) is 0.711. The molecule has 0 saturated heterocycles. The summed E-state index contributed by atoms with van der Waals surface area (Å²) < 4.78 is 39.9. The van der Waals surface area contributed by atoms with Gasteiger partial charge in [0.05, 0.1) is 18.1 Å². The number of sulfonamides is 1. The molecule has 2 atom stereocenters. The molecule has 0 heterocycles. The molecule has 1 aliphatic carbocycles. The van der Waals surface area contributed by atoms with Crippen molar-refractivity contribution in [3.63, 3.8) is 0 Å². The lowest BCUT2D eigenvalue weighted by Gasteiger charge is -2.29. The Bertz CT molecular complexity index is 645. The zero-order valence-corrected chi connectivity index (χ0v) is 16.4. The predicted molar refractivity (Wildman–Crippen MR) is 99.8 cm³/mol. The summed E-state index contributed by atoms with van der Waals surface area (Å²) >= 11 is 0. The van der Waals surface area contributed by atoms with Crippen LogP contribution in [0.2, 0.25) is 0 Å². The van der Waals surface area contributed by atoms with Crippen molar-refractivity contribution in [3.05, 3.63) is 18.2 Å². The maximum atomic E-state index is 12.8. The zero-order chi connectivity index (χ0) is 18.3. The van der Waals surface area contributed by atoms with Crippen LogP contribution in [0.3, 0.4) is 0 Å². The third-order valence-corrected chi connectivity index (χ3v) is 6.05. The molecule has 1 aromatic rings. The summed E-state index contributed by atoms with van der Waals surface area (Å²) in [7, 11) is -3.56. The van der Waals surface area contributed by atoms with Gasteiger partial charge < -0.3 is 9.47 Å². The van der Waals surface area contributed by atoms with E-state index in [-0.39, 0.29) is 10.9 Å². The van der Waals surface area contributed by atoms with Crippen molar-refractivity contribution < 1.29 is 17.9 Å². The molecular formula is C19H31NO4S. The number of hydrogen-bond donors (Lipinski definition) is 1. The second-order valence-electron chi connectivity index (χ2n) is 6.79. The third-order valence-electron chi connectivity index (χ3n) is 4.57. The van der Waals surface area contributed by atoms with Crippen LogP contribution in [-0.4, -0.2) is 27.7 Å². The number of benzene rings is 1. The monoisotopic (exact) mass is 369 g/mol. The van der Waals surface area contributed by atoms with Gasteiger partial charge in [0, 0.05) is 12.1 Å². The lowest BCUT2D eigenvalue weighted by atomic mass is 9.87. The van der Waals surface area contributed by atoms with Crippen molar-refractivity contribution in [1.29, 1.82) is 0 Å². The molecule has 0 spiro atoms. The average Bonchev–Trinajstić information content (AvgIpc) is 2.60. The molecule has 0 amide bonds. The van der Waals surface area contributed by atoms with Crippen molar-refractivity contribution in [1.82, 2.24) is 4.72 Å². The first kappa shape index (κ1) is 20.0. The molecule has 1 aliphatic rings. The molecule has 0 unspecified atom stereocenters. The highest BCUT2D eigenvalue weighted by Crippen LogP contribution is 2.31. The number of nitrogens with one attached hydrogen (secondary N) is 1. The Labute approximate surface area is 152 Å². The molecule has 2 rings (SSSR count). The lowest BCUT2D eigenvalue weighted by molar-refractivity contribution is 0.267. The Morgan fingerprint density at radius 3 is 2.32 bits per heavy atom. The standard InChI is InChI=1S/C19H31NO4S/c1-4-12-23-18-11-10-16(14-19(18)24-13-5-2)25(21,22)20-17-9-7-6-8-15(17)3/h10-11,14-15,17,20H,4-9,12-13H2,1-3H3/t15-,17-/m0/s1. The molecule has 0 aliphatic heterocycles. The minimum atomic E-state index is -3.56. The molecule has 1 N–H and O–H groups in total. The highest BCUT2D eigenvalue weighted by Gasteiger charge is 2.27. The van der Waals surface area contributed by atoms with Crippen molar-refractivity contribution >= 4 is 10.0 Å². The SMILES string of the molecule is CCCOc1ccc(S(=O)(=O)N[C@H]2CCCC[C@@H]2C)cc1OCCC. The van der Waals surface area contributed by atoms with E-state index in [0.29, 0.717) is 30.6 Å². The van der Waals surface area contributed by atoms with Gasteiger partial charge in [-0.05, 0) is 43.7 Å². The predicted octanol–water partition coefficient (Wildman–Crippen LogP) is 4.12. The summed E-state index contributed by atoms with van der Waals surface area (Å²) in [6.45, 7) is 7.26. The van der Waals surface area contributed by atoms with Crippen LogP contribution in [0, 0.1) is 5.92 Å². The number of rotatable bonds is 9. The van der Waals surface area contributed by atoms with Gasteiger partial charge in [-0.25, -0.2) is 13.1 Å². The van der Waals surface area contributed by atoms with E-state index in [2.05, 4.69) is 11.6 Å². The van der Waals surface area contributed by atoms with Gasteiger partial charge in [0.2, 0.25) is 10.0 Å². The van der Waals surface area contributed by atoms with Crippen LogP contribution >= 0.6 is 0 Å². The zero-order valence-electron chi connectivity index (χ0n) is 15.6. The van der Waals surface area contributed by atoms with Crippen LogP contribution in [0.25, 0.3) is 0 Å². The molecule has 1 fully saturated rings.